The number of carbonyl (C=O) groups is 4. The highest BCUT2D eigenvalue weighted by atomic mass is 16.5. The molecule has 0 aromatic heterocycles. The van der Waals surface area contributed by atoms with Crippen molar-refractivity contribution >= 4 is 66.7 Å². The van der Waals surface area contributed by atoms with E-state index in [2.05, 4.69) is 0 Å². The molecule has 10 nitrogen and oxygen atoms in total. The van der Waals surface area contributed by atoms with E-state index in [9.17, 15) is 0 Å². The Bertz CT molecular complexity index is 3290. The summed E-state index contributed by atoms with van der Waals surface area (Å²) >= 11 is 0. The normalized spacial score (nSPS) is 13.5. The van der Waals surface area contributed by atoms with Gasteiger partial charge in [0.15, 0.2) is 0 Å². The summed E-state index contributed by atoms with van der Waals surface area (Å²) in [4.78, 5) is 64.2. The first-order chi connectivity index (χ1) is 34.9. The number of fused-ring (bicyclic) bond motifs is 2. The van der Waals surface area contributed by atoms with E-state index in [4.69, 9.17) is 18.9 Å². The number of hydrogen-bond acceptors (Lipinski definition) is 8. The van der Waals surface area contributed by atoms with Gasteiger partial charge in [0.2, 0.25) is 0 Å². The van der Waals surface area contributed by atoms with Gasteiger partial charge < -0.3 is 18.9 Å². The molecular weight excluding hydrogens is 901 g/mol. The molecule has 9 aromatic rings. The second-order valence-corrected chi connectivity index (χ2v) is 19.1. The first-order valence-electron chi connectivity index (χ1n) is 24.9. The van der Waals surface area contributed by atoms with Gasteiger partial charge in [0.25, 0.3) is 23.6 Å². The van der Waals surface area contributed by atoms with Crippen LogP contribution >= 0.6 is 0 Å². The minimum atomic E-state index is -0.442. The molecule has 9 aromatic carbocycles. The highest BCUT2D eigenvalue weighted by Gasteiger charge is 2.43. The van der Waals surface area contributed by atoms with E-state index in [0.29, 0.717) is 115 Å². The van der Waals surface area contributed by atoms with Gasteiger partial charge in [-0.15, -0.1) is 0 Å². The lowest BCUT2D eigenvalue weighted by atomic mass is 9.80. The fraction of sp³-hybridized carbons (Fsp3) is 0.226. The van der Waals surface area contributed by atoms with Gasteiger partial charge in [-0.2, -0.15) is 0 Å². The Hall–Kier alpha value is -8.24. The predicted molar refractivity (Wildman–Crippen MR) is 282 cm³/mol. The van der Waals surface area contributed by atoms with Gasteiger partial charge in [0, 0.05) is 55.2 Å². The maximum atomic E-state index is 15.4. The molecule has 0 fully saturated rings. The Labute approximate surface area is 418 Å². The third kappa shape index (κ3) is 7.06. The number of imide groups is 2. The molecule has 360 valence electrons. The molecule has 0 saturated carbocycles. The highest BCUT2D eigenvalue weighted by Crippen LogP contribution is 2.58. The number of carbonyl (C=O) groups excluding carboxylic acids is 4. The van der Waals surface area contributed by atoms with Crippen molar-refractivity contribution in [3.63, 3.8) is 0 Å². The molecule has 2 aliphatic rings. The predicted octanol–water partition coefficient (Wildman–Crippen LogP) is 15.7. The lowest BCUT2D eigenvalue weighted by Gasteiger charge is -2.36. The van der Waals surface area contributed by atoms with Crippen LogP contribution in [0.2, 0.25) is 0 Å². The van der Waals surface area contributed by atoms with Crippen molar-refractivity contribution in [1.29, 1.82) is 0 Å². The summed E-state index contributed by atoms with van der Waals surface area (Å²) in [5.74, 6) is 1.58. The summed E-state index contributed by atoms with van der Waals surface area (Å²) in [6.45, 7) is 15.7. The zero-order valence-corrected chi connectivity index (χ0v) is 41.7. The van der Waals surface area contributed by atoms with Crippen LogP contribution in [-0.2, 0) is 0 Å². The zero-order chi connectivity index (χ0) is 50.3. The number of amides is 4. The van der Waals surface area contributed by atoms with Crippen LogP contribution in [0.3, 0.4) is 0 Å². The molecule has 0 spiro atoms. The minimum Gasteiger partial charge on any atom is -0.456 e. The van der Waals surface area contributed by atoms with Crippen LogP contribution in [0.4, 0.5) is 0 Å². The van der Waals surface area contributed by atoms with Gasteiger partial charge in [-0.3, -0.25) is 29.0 Å². The van der Waals surface area contributed by atoms with Gasteiger partial charge in [-0.1, -0.05) is 100 Å². The van der Waals surface area contributed by atoms with Crippen molar-refractivity contribution in [2.75, 3.05) is 0 Å². The second-order valence-electron chi connectivity index (χ2n) is 19.1. The molecule has 11 rings (SSSR count). The third-order valence-corrected chi connectivity index (χ3v) is 14.8. The topological polar surface area (TPSA) is 112 Å². The maximum Gasteiger partial charge on any atom is 0.261 e. The average Bonchev–Trinajstić information content (AvgIpc) is 3.38. The standard InChI is InChI=1S/C62H54N2O8/c1-9-37(10-2)63-59(65)39-29-47(69-43-25-17-13-21-33(43)5)53-55-49(71-45-27-19-15-23-35(45)7)31-41-52-42(62(68)64(61(41)67)38(11-3)12-4)32-50(72-46-28-20-16-24-36(46)8)56(58(52)55)54-48(70-44-26-18-14-22-34(44)6)30-40(60(63)66)51(39)57(53)54/h13-32,37-38H,9-12H2,1-8H3. The molecule has 2 aliphatic heterocycles. The molecule has 10 heteroatoms. The Balaban J connectivity index is 1.43. The monoisotopic (exact) mass is 954 g/mol. The van der Waals surface area contributed by atoms with Crippen molar-refractivity contribution in [2.24, 2.45) is 0 Å². The van der Waals surface area contributed by atoms with Crippen molar-refractivity contribution in [3.8, 4) is 46.0 Å². The Kier molecular flexibility index (Phi) is 11.5. The lowest BCUT2D eigenvalue weighted by Crippen LogP contribution is -2.46. The zero-order valence-electron chi connectivity index (χ0n) is 41.7. The van der Waals surface area contributed by atoms with Crippen LogP contribution in [0.25, 0.3) is 43.1 Å². The Morgan fingerprint density at radius 2 is 0.542 bits per heavy atom. The summed E-state index contributed by atoms with van der Waals surface area (Å²) < 4.78 is 28.6. The van der Waals surface area contributed by atoms with E-state index >= 15 is 19.2 Å². The molecule has 4 amide bonds. The van der Waals surface area contributed by atoms with Gasteiger partial charge in [-0.25, -0.2) is 0 Å². The SMILES string of the molecule is CCC(CC)N1C(=O)c2cc(Oc3ccccc3C)c3c4c(Oc5ccccc5C)cc5c6c(cc(Oc7ccccc7C)c(c7c(Oc8ccccc8C)cc(c2c37)C1=O)c64)C(=O)N(C(CC)CC)C5=O. The molecule has 0 saturated heterocycles. The van der Waals surface area contributed by atoms with E-state index in [1.807, 2.05) is 152 Å². The number of ether oxygens (including phenoxy) is 4. The van der Waals surface area contributed by atoms with Crippen molar-refractivity contribution in [3.05, 3.63) is 166 Å². The molecule has 0 bridgehead atoms. The molecule has 0 unspecified atom stereocenters. The van der Waals surface area contributed by atoms with E-state index in [1.165, 1.54) is 9.80 Å². The first-order valence-corrected chi connectivity index (χ1v) is 24.9. The van der Waals surface area contributed by atoms with Crippen LogP contribution in [-0.4, -0.2) is 45.5 Å². The largest absolute Gasteiger partial charge is 0.456 e. The van der Waals surface area contributed by atoms with E-state index in [-0.39, 0.29) is 22.3 Å². The number of para-hydroxylation sites is 4. The molecule has 0 aliphatic carbocycles. The lowest BCUT2D eigenvalue weighted by molar-refractivity contribution is 0.0514. The minimum absolute atomic E-state index is 0.283. The fourth-order valence-corrected chi connectivity index (χ4v) is 11.0. The molecule has 0 N–H and O–H groups in total. The Morgan fingerprint density at radius 1 is 0.319 bits per heavy atom. The second kappa shape index (κ2) is 17.9. The molecule has 2 heterocycles. The van der Waals surface area contributed by atoms with E-state index in [0.717, 1.165) is 22.3 Å². The van der Waals surface area contributed by atoms with Crippen LogP contribution < -0.4 is 18.9 Å². The van der Waals surface area contributed by atoms with Crippen molar-refractivity contribution in [2.45, 2.75) is 93.2 Å². The number of aryl methyl sites for hydroxylation is 4. The molecular formula is C62H54N2O8. The Morgan fingerprint density at radius 3 is 0.750 bits per heavy atom. The molecule has 0 radical (unpaired) electrons. The maximum absolute atomic E-state index is 15.4. The van der Waals surface area contributed by atoms with Gasteiger partial charge in [-0.05, 0) is 124 Å². The molecule has 72 heavy (non-hydrogen) atoms. The van der Waals surface area contributed by atoms with Gasteiger partial charge >= 0.3 is 0 Å². The first kappa shape index (κ1) is 46.2. The van der Waals surface area contributed by atoms with Crippen LogP contribution in [0.1, 0.15) is 117 Å². The van der Waals surface area contributed by atoms with Crippen molar-refractivity contribution < 1.29 is 38.1 Å². The number of benzene rings is 9. The molecule has 0 atom stereocenters. The summed E-state index contributed by atoms with van der Waals surface area (Å²) in [6, 6.07) is 36.8. The quantitative estimate of drug-likeness (QED) is 0.0602. The summed E-state index contributed by atoms with van der Waals surface area (Å²) in [6.07, 6.45) is 2.19. The van der Waals surface area contributed by atoms with Crippen LogP contribution in [0.15, 0.2) is 121 Å². The fourth-order valence-electron chi connectivity index (χ4n) is 11.0. The highest BCUT2D eigenvalue weighted by molar-refractivity contribution is 6.45. The smallest absolute Gasteiger partial charge is 0.261 e. The number of hydrogen-bond donors (Lipinski definition) is 0. The van der Waals surface area contributed by atoms with Crippen LogP contribution in [0, 0.1) is 27.7 Å². The van der Waals surface area contributed by atoms with E-state index < -0.39 is 35.7 Å². The van der Waals surface area contributed by atoms with Gasteiger partial charge in [0.05, 0.1) is 22.3 Å². The number of nitrogens with zero attached hydrogens (tertiary/aromatic N) is 2. The summed E-state index contributed by atoms with van der Waals surface area (Å²) in [7, 11) is 0. The van der Waals surface area contributed by atoms with Crippen molar-refractivity contribution in [1.82, 2.24) is 9.80 Å². The average molecular weight is 955 g/mol. The van der Waals surface area contributed by atoms with Gasteiger partial charge in [0.1, 0.15) is 46.0 Å². The number of rotatable bonds is 14. The van der Waals surface area contributed by atoms with Crippen LogP contribution in [0.5, 0.6) is 46.0 Å². The summed E-state index contributed by atoms with van der Waals surface area (Å²) in [5, 5.41) is 3.79. The third-order valence-electron chi connectivity index (χ3n) is 14.8. The van der Waals surface area contributed by atoms with E-state index in [1.54, 1.807) is 24.3 Å². The summed E-state index contributed by atoms with van der Waals surface area (Å²) in [5.41, 5.74) is 4.49.